The predicted octanol–water partition coefficient (Wildman–Crippen LogP) is 4.55. The molecule has 192 valence electrons. The van der Waals surface area contributed by atoms with Crippen molar-refractivity contribution in [1.82, 2.24) is 20.5 Å². The Morgan fingerprint density at radius 1 is 1.23 bits per heavy atom. The number of carbonyl (C=O) groups excluding carboxylic acids is 3. The Morgan fingerprint density at radius 2 is 1.89 bits per heavy atom. The lowest BCUT2D eigenvalue weighted by atomic mass is 9.85. The van der Waals surface area contributed by atoms with Gasteiger partial charge in [0.2, 0.25) is 18.2 Å². The molecule has 1 aliphatic heterocycles. The molecule has 3 amide bonds. The van der Waals surface area contributed by atoms with E-state index in [1.165, 1.54) is 10.4 Å². The first kappa shape index (κ1) is 28.5. The van der Waals surface area contributed by atoms with Crippen LogP contribution >= 0.6 is 11.3 Å². The Balaban J connectivity index is 0.000000250. The fourth-order valence-electron chi connectivity index (χ4n) is 3.90. The number of hydrogen-bond donors (Lipinski definition) is 2. The van der Waals surface area contributed by atoms with Crippen LogP contribution in [0.25, 0.3) is 10.4 Å². The third-order valence-corrected chi connectivity index (χ3v) is 7.09. The maximum absolute atomic E-state index is 12.7. The van der Waals surface area contributed by atoms with E-state index in [-0.39, 0.29) is 29.2 Å². The molecule has 8 heteroatoms. The number of rotatable bonds is 7. The van der Waals surface area contributed by atoms with Gasteiger partial charge in [-0.15, -0.1) is 11.3 Å². The largest absolute Gasteiger partial charge is 0.355 e. The molecule has 1 saturated heterocycles. The Labute approximate surface area is 213 Å². The molecular weight excluding hydrogens is 460 g/mol. The summed E-state index contributed by atoms with van der Waals surface area (Å²) in [6.45, 7) is 15.2. The minimum absolute atomic E-state index is 0.0554. The molecule has 0 saturated carbocycles. The maximum atomic E-state index is 12.7. The maximum Gasteiger partial charge on any atom is 0.245 e. The zero-order chi connectivity index (χ0) is 26.2. The second-order valence-corrected chi connectivity index (χ2v) is 11.3. The van der Waals surface area contributed by atoms with Crippen molar-refractivity contribution >= 4 is 29.6 Å². The van der Waals surface area contributed by atoms with Crippen LogP contribution in [0, 0.1) is 18.3 Å². The Kier molecular flexibility index (Phi) is 10.4. The first-order valence-electron chi connectivity index (χ1n) is 12.2. The monoisotopic (exact) mass is 500 g/mol. The van der Waals surface area contributed by atoms with Gasteiger partial charge < -0.3 is 15.5 Å². The van der Waals surface area contributed by atoms with Gasteiger partial charge in [0.1, 0.15) is 6.04 Å². The third kappa shape index (κ3) is 8.16. The fourth-order valence-corrected chi connectivity index (χ4v) is 4.71. The summed E-state index contributed by atoms with van der Waals surface area (Å²) in [5.41, 5.74) is 4.91. The van der Waals surface area contributed by atoms with E-state index in [1.807, 2.05) is 64.1 Å². The molecule has 0 spiro atoms. The van der Waals surface area contributed by atoms with E-state index in [4.69, 9.17) is 0 Å². The van der Waals surface area contributed by atoms with Gasteiger partial charge in [-0.1, -0.05) is 58.9 Å². The van der Waals surface area contributed by atoms with Gasteiger partial charge in [0.15, 0.2) is 0 Å². The van der Waals surface area contributed by atoms with Crippen LogP contribution in [0.1, 0.15) is 65.6 Å². The zero-order valence-electron chi connectivity index (χ0n) is 22.1. The van der Waals surface area contributed by atoms with E-state index in [0.717, 1.165) is 30.6 Å². The number of aryl methyl sites for hydroxylation is 1. The lowest BCUT2D eigenvalue weighted by Gasteiger charge is -2.35. The predicted molar refractivity (Wildman–Crippen MR) is 142 cm³/mol. The summed E-state index contributed by atoms with van der Waals surface area (Å²) in [5.74, 6) is -0.0970. The van der Waals surface area contributed by atoms with E-state index < -0.39 is 6.04 Å². The minimum atomic E-state index is -0.442. The van der Waals surface area contributed by atoms with Crippen LogP contribution in [0.15, 0.2) is 29.8 Å². The number of carbonyl (C=O) groups is 3. The number of hydrogen-bond acceptors (Lipinski definition) is 5. The summed E-state index contributed by atoms with van der Waals surface area (Å²) < 4.78 is 0. The second kappa shape index (κ2) is 12.8. The molecule has 0 radical (unpaired) electrons. The van der Waals surface area contributed by atoms with Crippen molar-refractivity contribution in [3.05, 3.63) is 41.0 Å². The number of amides is 3. The van der Waals surface area contributed by atoms with E-state index >= 15 is 0 Å². The van der Waals surface area contributed by atoms with Gasteiger partial charge in [0.05, 0.1) is 16.1 Å². The van der Waals surface area contributed by atoms with E-state index in [2.05, 4.69) is 34.7 Å². The van der Waals surface area contributed by atoms with Crippen LogP contribution in [0.2, 0.25) is 0 Å². The van der Waals surface area contributed by atoms with E-state index in [0.29, 0.717) is 13.0 Å². The van der Waals surface area contributed by atoms with Gasteiger partial charge in [-0.2, -0.15) is 0 Å². The summed E-state index contributed by atoms with van der Waals surface area (Å²) in [5, 5.41) is 5.56. The quantitative estimate of drug-likeness (QED) is 0.546. The number of nitrogens with one attached hydrogen (secondary N) is 2. The molecule has 0 aliphatic carbocycles. The first-order chi connectivity index (χ1) is 16.5. The van der Waals surface area contributed by atoms with Crippen molar-refractivity contribution in [2.75, 3.05) is 6.54 Å². The topological polar surface area (TPSA) is 91.4 Å². The molecule has 1 aliphatic rings. The fraction of sp³-hybridized carbons (Fsp3) is 0.556. The molecule has 2 unspecified atom stereocenters. The molecule has 2 aromatic rings. The number of likely N-dealkylation sites (tertiary alicyclic amines) is 1. The standard InChI is InChI=1S/C15H28N2O2.C12H12N2OS/c1-10(2)13(18)16-12(15(4,5)6)14(19)17-9-7-8-11(17)3;1-9-12(16-8-14-9)11-4-2-10(3-5-11)6-13-7-15/h10-12H,7-9H2,1-6H3,(H,16,18);2-5,7-8H,6H2,1H3,(H,13,15). The van der Waals surface area contributed by atoms with Gasteiger partial charge in [-0.3, -0.25) is 14.4 Å². The summed E-state index contributed by atoms with van der Waals surface area (Å²) in [7, 11) is 0. The Hall–Kier alpha value is -2.74. The molecule has 2 atom stereocenters. The number of nitrogens with zero attached hydrogens (tertiary/aromatic N) is 2. The van der Waals surface area contributed by atoms with Crippen LogP contribution in [0.5, 0.6) is 0 Å². The molecule has 35 heavy (non-hydrogen) atoms. The molecule has 3 rings (SSSR count). The van der Waals surface area contributed by atoms with Crippen molar-refractivity contribution in [2.45, 2.75) is 79.9 Å². The van der Waals surface area contributed by atoms with Crippen molar-refractivity contribution < 1.29 is 14.4 Å². The SMILES string of the molecule is CC(C)C(=O)NC(C(=O)N1CCCC1C)C(C)(C)C.Cc1ncsc1-c1ccc(CNC=O)cc1. The van der Waals surface area contributed by atoms with Crippen molar-refractivity contribution in [3.63, 3.8) is 0 Å². The summed E-state index contributed by atoms with van der Waals surface area (Å²) in [6.07, 6.45) is 2.82. The van der Waals surface area contributed by atoms with Crippen molar-refractivity contribution in [2.24, 2.45) is 11.3 Å². The lowest BCUT2D eigenvalue weighted by molar-refractivity contribution is -0.140. The van der Waals surface area contributed by atoms with E-state index in [1.54, 1.807) is 11.3 Å². The van der Waals surface area contributed by atoms with Gasteiger partial charge in [0, 0.05) is 25.0 Å². The van der Waals surface area contributed by atoms with Gasteiger partial charge >= 0.3 is 0 Å². The molecule has 1 aromatic heterocycles. The smallest absolute Gasteiger partial charge is 0.245 e. The third-order valence-electron chi connectivity index (χ3n) is 6.11. The molecule has 1 aromatic carbocycles. The van der Waals surface area contributed by atoms with Gasteiger partial charge in [0.25, 0.3) is 0 Å². The highest BCUT2D eigenvalue weighted by molar-refractivity contribution is 7.13. The molecule has 2 heterocycles. The first-order valence-corrected chi connectivity index (χ1v) is 13.1. The normalized spacial score (nSPS) is 16.3. The average Bonchev–Trinajstić information content (AvgIpc) is 3.43. The summed E-state index contributed by atoms with van der Waals surface area (Å²) in [4.78, 5) is 42.1. The second-order valence-electron chi connectivity index (χ2n) is 10.4. The highest BCUT2D eigenvalue weighted by Crippen LogP contribution is 2.27. The summed E-state index contributed by atoms with van der Waals surface area (Å²) in [6, 6.07) is 8.00. The summed E-state index contributed by atoms with van der Waals surface area (Å²) >= 11 is 1.64. The molecule has 2 N–H and O–H groups in total. The minimum Gasteiger partial charge on any atom is -0.355 e. The van der Waals surface area contributed by atoms with Crippen LogP contribution in [-0.2, 0) is 20.9 Å². The molecule has 1 fully saturated rings. The van der Waals surface area contributed by atoms with Crippen molar-refractivity contribution in [1.29, 1.82) is 0 Å². The van der Waals surface area contributed by atoms with Crippen LogP contribution in [-0.4, -0.2) is 46.7 Å². The number of thiazole rings is 1. The highest BCUT2D eigenvalue weighted by Gasteiger charge is 2.38. The molecule has 0 bridgehead atoms. The number of aromatic nitrogens is 1. The number of benzene rings is 1. The van der Waals surface area contributed by atoms with Gasteiger partial charge in [-0.25, -0.2) is 4.98 Å². The zero-order valence-corrected chi connectivity index (χ0v) is 22.9. The van der Waals surface area contributed by atoms with Crippen LogP contribution < -0.4 is 10.6 Å². The Morgan fingerprint density at radius 3 is 2.34 bits per heavy atom. The van der Waals surface area contributed by atoms with Crippen LogP contribution in [0.4, 0.5) is 0 Å². The lowest BCUT2D eigenvalue weighted by Crippen LogP contribution is -2.56. The van der Waals surface area contributed by atoms with Crippen LogP contribution in [0.3, 0.4) is 0 Å². The highest BCUT2D eigenvalue weighted by atomic mass is 32.1. The Bertz CT molecular complexity index is 979. The average molecular weight is 501 g/mol. The van der Waals surface area contributed by atoms with E-state index in [9.17, 15) is 14.4 Å². The van der Waals surface area contributed by atoms with Crippen molar-refractivity contribution in [3.8, 4) is 10.4 Å². The van der Waals surface area contributed by atoms with Gasteiger partial charge in [-0.05, 0) is 43.2 Å². The molecular formula is C27H40N4O3S. The molecule has 7 nitrogen and oxygen atoms in total.